The Bertz CT molecular complexity index is 321. The Morgan fingerprint density at radius 2 is 1.74 bits per heavy atom. The van der Waals surface area contributed by atoms with Crippen LogP contribution in [0.2, 0.25) is 0 Å². The Kier molecular flexibility index (Phi) is 5.79. The van der Waals surface area contributed by atoms with Crippen LogP contribution in [0.1, 0.15) is 47.0 Å². The summed E-state index contributed by atoms with van der Waals surface area (Å²) >= 11 is 0. The van der Waals surface area contributed by atoms with Crippen LogP contribution in [0, 0.1) is 0 Å². The van der Waals surface area contributed by atoms with Crippen molar-refractivity contribution in [2.75, 3.05) is 13.1 Å². The molecule has 1 fully saturated rings. The van der Waals surface area contributed by atoms with E-state index in [2.05, 4.69) is 13.8 Å². The highest BCUT2D eigenvalue weighted by Crippen LogP contribution is 2.22. The van der Waals surface area contributed by atoms with Crippen LogP contribution in [0.4, 0.5) is 0 Å². The molecule has 110 valence electrons. The summed E-state index contributed by atoms with van der Waals surface area (Å²) in [4.78, 5) is 26.9. The first-order chi connectivity index (χ1) is 8.82. The molecule has 0 saturated carbocycles. The number of carboxylic acid groups (broad SMARTS) is 1. The van der Waals surface area contributed by atoms with Crippen molar-refractivity contribution in [1.29, 1.82) is 0 Å². The lowest BCUT2D eigenvalue weighted by Gasteiger charge is -2.40. The molecule has 2 unspecified atom stereocenters. The molecule has 2 atom stereocenters. The SMILES string of the molecule is CC(C)N(CC(=O)O)CC(=O)N1C(C)CCCC1C. The number of rotatable bonds is 5. The van der Waals surface area contributed by atoms with Gasteiger partial charge in [0.1, 0.15) is 0 Å². The lowest BCUT2D eigenvalue weighted by Crippen LogP contribution is -2.52. The molecule has 0 bridgehead atoms. The van der Waals surface area contributed by atoms with Crippen LogP contribution in [0.25, 0.3) is 0 Å². The van der Waals surface area contributed by atoms with E-state index < -0.39 is 5.97 Å². The number of aliphatic carboxylic acids is 1. The van der Waals surface area contributed by atoms with E-state index >= 15 is 0 Å². The van der Waals surface area contributed by atoms with Gasteiger partial charge in [-0.2, -0.15) is 0 Å². The summed E-state index contributed by atoms with van der Waals surface area (Å²) in [6.45, 7) is 8.09. The number of hydrogen-bond acceptors (Lipinski definition) is 3. The molecule has 0 aliphatic carbocycles. The molecule has 0 aromatic carbocycles. The van der Waals surface area contributed by atoms with Crippen molar-refractivity contribution in [2.24, 2.45) is 0 Å². The number of carbonyl (C=O) groups excluding carboxylic acids is 1. The Hall–Kier alpha value is -1.10. The highest BCUT2D eigenvalue weighted by molar-refractivity contribution is 5.80. The number of carboxylic acids is 1. The number of hydrogen-bond donors (Lipinski definition) is 1. The molecule has 1 aliphatic rings. The Morgan fingerprint density at radius 3 is 2.16 bits per heavy atom. The summed E-state index contributed by atoms with van der Waals surface area (Å²) in [5.74, 6) is -0.837. The average molecular weight is 270 g/mol. The highest BCUT2D eigenvalue weighted by atomic mass is 16.4. The van der Waals surface area contributed by atoms with Gasteiger partial charge in [0.25, 0.3) is 0 Å². The van der Waals surface area contributed by atoms with E-state index in [1.165, 1.54) is 0 Å². The van der Waals surface area contributed by atoms with E-state index in [1.54, 1.807) is 4.90 Å². The molecule has 0 spiro atoms. The van der Waals surface area contributed by atoms with Crippen LogP contribution in [-0.2, 0) is 9.59 Å². The first kappa shape index (κ1) is 16.0. The fourth-order valence-corrected chi connectivity index (χ4v) is 2.76. The zero-order valence-corrected chi connectivity index (χ0v) is 12.4. The summed E-state index contributed by atoms with van der Waals surface area (Å²) in [5, 5.41) is 8.89. The Labute approximate surface area is 115 Å². The predicted molar refractivity (Wildman–Crippen MR) is 74.0 cm³/mol. The summed E-state index contributed by atoms with van der Waals surface area (Å²) in [7, 11) is 0. The molecule has 5 nitrogen and oxygen atoms in total. The maximum absolute atomic E-state index is 12.4. The first-order valence-electron chi connectivity index (χ1n) is 7.10. The monoisotopic (exact) mass is 270 g/mol. The van der Waals surface area contributed by atoms with Gasteiger partial charge in [-0.15, -0.1) is 0 Å². The van der Waals surface area contributed by atoms with Gasteiger partial charge in [0, 0.05) is 18.1 Å². The molecule has 0 radical (unpaired) electrons. The third kappa shape index (κ3) is 4.49. The van der Waals surface area contributed by atoms with Gasteiger partial charge in [-0.05, 0) is 47.0 Å². The molecule has 1 saturated heterocycles. The van der Waals surface area contributed by atoms with Crippen LogP contribution in [0.3, 0.4) is 0 Å². The number of nitrogens with zero attached hydrogens (tertiary/aromatic N) is 2. The quantitative estimate of drug-likeness (QED) is 0.824. The standard InChI is InChI=1S/C14H26N2O3/c1-10(2)15(9-14(18)19)8-13(17)16-11(3)6-5-7-12(16)4/h10-12H,5-9H2,1-4H3,(H,18,19). The molecule has 1 amide bonds. The summed E-state index contributed by atoms with van der Waals surface area (Å²) in [6.07, 6.45) is 3.24. The van der Waals surface area contributed by atoms with Crippen LogP contribution < -0.4 is 0 Å². The second kappa shape index (κ2) is 6.89. The minimum Gasteiger partial charge on any atom is -0.480 e. The average Bonchev–Trinajstić information content (AvgIpc) is 2.27. The Balaban J connectivity index is 2.67. The van der Waals surface area contributed by atoms with E-state index in [9.17, 15) is 9.59 Å². The highest BCUT2D eigenvalue weighted by Gasteiger charge is 2.30. The van der Waals surface area contributed by atoms with Crippen molar-refractivity contribution < 1.29 is 14.7 Å². The predicted octanol–water partition coefficient (Wildman–Crippen LogP) is 1.57. The second-order valence-electron chi connectivity index (χ2n) is 5.82. The smallest absolute Gasteiger partial charge is 0.317 e. The number of amides is 1. The summed E-state index contributed by atoms with van der Waals surface area (Å²) < 4.78 is 0. The molecular weight excluding hydrogens is 244 g/mol. The van der Waals surface area contributed by atoms with Crippen LogP contribution >= 0.6 is 0 Å². The minimum absolute atomic E-state index is 0.0506. The molecule has 19 heavy (non-hydrogen) atoms. The molecule has 1 rings (SSSR count). The van der Waals surface area contributed by atoms with Gasteiger partial charge >= 0.3 is 5.97 Å². The number of likely N-dealkylation sites (tertiary alicyclic amines) is 1. The van der Waals surface area contributed by atoms with Gasteiger partial charge in [0.2, 0.25) is 5.91 Å². The zero-order chi connectivity index (χ0) is 14.6. The number of carbonyl (C=O) groups is 2. The second-order valence-corrected chi connectivity index (χ2v) is 5.82. The third-order valence-electron chi connectivity index (χ3n) is 3.89. The lowest BCUT2D eigenvalue weighted by atomic mass is 9.97. The van der Waals surface area contributed by atoms with E-state index in [1.807, 2.05) is 18.7 Å². The van der Waals surface area contributed by atoms with E-state index in [0.717, 1.165) is 19.3 Å². The molecule has 1 N–H and O–H groups in total. The van der Waals surface area contributed by atoms with Crippen LogP contribution in [0.5, 0.6) is 0 Å². The molecule has 1 aliphatic heterocycles. The van der Waals surface area contributed by atoms with Crippen molar-refractivity contribution in [2.45, 2.75) is 65.1 Å². The van der Waals surface area contributed by atoms with E-state index in [-0.39, 0.29) is 37.1 Å². The lowest BCUT2D eigenvalue weighted by molar-refractivity contribution is -0.142. The topological polar surface area (TPSA) is 60.9 Å². The zero-order valence-electron chi connectivity index (χ0n) is 12.4. The van der Waals surface area contributed by atoms with Crippen LogP contribution in [0.15, 0.2) is 0 Å². The normalized spacial score (nSPS) is 24.0. The summed E-state index contributed by atoms with van der Waals surface area (Å²) in [6, 6.07) is 0.570. The fourth-order valence-electron chi connectivity index (χ4n) is 2.76. The van der Waals surface area contributed by atoms with Gasteiger partial charge < -0.3 is 10.0 Å². The fraction of sp³-hybridized carbons (Fsp3) is 0.857. The minimum atomic E-state index is -0.888. The van der Waals surface area contributed by atoms with Gasteiger partial charge in [0.15, 0.2) is 0 Å². The molecular formula is C14H26N2O3. The Morgan fingerprint density at radius 1 is 1.21 bits per heavy atom. The molecule has 5 heteroatoms. The number of piperidine rings is 1. The van der Waals surface area contributed by atoms with Crippen LogP contribution in [-0.4, -0.2) is 58.0 Å². The molecule has 0 aromatic rings. The third-order valence-corrected chi connectivity index (χ3v) is 3.89. The molecule has 0 aromatic heterocycles. The van der Waals surface area contributed by atoms with E-state index in [4.69, 9.17) is 5.11 Å². The molecule has 1 heterocycles. The summed E-state index contributed by atoms with van der Waals surface area (Å²) in [5.41, 5.74) is 0. The first-order valence-corrected chi connectivity index (χ1v) is 7.10. The van der Waals surface area contributed by atoms with E-state index in [0.29, 0.717) is 0 Å². The van der Waals surface area contributed by atoms with Crippen molar-refractivity contribution in [3.8, 4) is 0 Å². The van der Waals surface area contributed by atoms with Gasteiger partial charge in [-0.3, -0.25) is 14.5 Å². The van der Waals surface area contributed by atoms with Gasteiger partial charge in [0.05, 0.1) is 13.1 Å². The van der Waals surface area contributed by atoms with Crippen molar-refractivity contribution in [1.82, 2.24) is 9.80 Å². The van der Waals surface area contributed by atoms with Gasteiger partial charge in [-0.25, -0.2) is 0 Å². The van der Waals surface area contributed by atoms with Gasteiger partial charge in [-0.1, -0.05) is 0 Å². The largest absolute Gasteiger partial charge is 0.480 e. The maximum atomic E-state index is 12.4. The van der Waals surface area contributed by atoms with Crippen molar-refractivity contribution in [3.05, 3.63) is 0 Å². The van der Waals surface area contributed by atoms with Crippen molar-refractivity contribution >= 4 is 11.9 Å². The van der Waals surface area contributed by atoms with Crippen molar-refractivity contribution in [3.63, 3.8) is 0 Å². The maximum Gasteiger partial charge on any atom is 0.317 e.